The fourth-order valence-corrected chi connectivity index (χ4v) is 5.20. The lowest BCUT2D eigenvalue weighted by Crippen LogP contribution is -2.49. The number of anilines is 1. The lowest BCUT2D eigenvalue weighted by molar-refractivity contribution is -0.138. The van der Waals surface area contributed by atoms with Crippen molar-refractivity contribution >= 4 is 40.1 Å². The highest BCUT2D eigenvalue weighted by molar-refractivity contribution is 6.07. The summed E-state index contributed by atoms with van der Waals surface area (Å²) in [4.78, 5) is 49.5. The van der Waals surface area contributed by atoms with E-state index in [2.05, 4.69) is 20.4 Å². The molecule has 3 N–H and O–H groups in total. The van der Waals surface area contributed by atoms with Crippen LogP contribution in [0.25, 0.3) is 27.7 Å². The molecule has 0 bridgehead atoms. The van der Waals surface area contributed by atoms with Crippen LogP contribution in [0, 0.1) is 13.8 Å². The van der Waals surface area contributed by atoms with Gasteiger partial charge in [0.15, 0.2) is 5.65 Å². The zero-order valence-electron chi connectivity index (χ0n) is 22.6. The number of primary amides is 1. The molecular weight excluding hydrogens is 520 g/mol. The molecule has 5 heterocycles. The minimum Gasteiger partial charge on any atom is -0.366 e. The third-order valence-electron chi connectivity index (χ3n) is 7.19. The van der Waals surface area contributed by atoms with Crippen molar-refractivity contribution in [2.45, 2.75) is 32.9 Å². The Hall–Kier alpha value is -5.32. The second-order valence-corrected chi connectivity index (χ2v) is 10.1. The number of hydrogen-bond acceptors (Lipinski definition) is 6. The first-order valence-electron chi connectivity index (χ1n) is 13.2. The van der Waals surface area contributed by atoms with Crippen LogP contribution in [0.1, 0.15) is 28.2 Å². The van der Waals surface area contributed by atoms with Crippen molar-refractivity contribution in [1.82, 2.24) is 29.0 Å². The molecular formula is C30H28N8O3. The molecule has 0 saturated heterocycles. The van der Waals surface area contributed by atoms with Gasteiger partial charge in [0, 0.05) is 53.4 Å². The molecule has 0 aliphatic carbocycles. The van der Waals surface area contributed by atoms with Crippen molar-refractivity contribution < 1.29 is 14.4 Å². The van der Waals surface area contributed by atoms with Crippen LogP contribution < -0.4 is 11.1 Å². The Bertz CT molecular complexity index is 1870. The first-order chi connectivity index (χ1) is 19.8. The molecule has 11 heteroatoms. The Labute approximate surface area is 235 Å². The van der Waals surface area contributed by atoms with E-state index in [1.165, 1.54) is 0 Å². The fourth-order valence-electron chi connectivity index (χ4n) is 5.20. The van der Waals surface area contributed by atoms with Gasteiger partial charge in [-0.25, -0.2) is 14.5 Å². The molecule has 5 aromatic rings. The van der Waals surface area contributed by atoms with Crippen molar-refractivity contribution in [3.63, 3.8) is 0 Å². The molecule has 1 atom stereocenters. The first-order valence-corrected chi connectivity index (χ1v) is 13.2. The largest absolute Gasteiger partial charge is 0.366 e. The summed E-state index contributed by atoms with van der Waals surface area (Å²) >= 11 is 0. The smallest absolute Gasteiger partial charge is 0.250 e. The van der Waals surface area contributed by atoms with Crippen LogP contribution in [0.15, 0.2) is 73.2 Å². The minimum atomic E-state index is -0.688. The maximum absolute atomic E-state index is 13.6. The van der Waals surface area contributed by atoms with Crippen molar-refractivity contribution in [2.75, 3.05) is 11.9 Å². The molecule has 0 spiro atoms. The summed E-state index contributed by atoms with van der Waals surface area (Å²) in [6.07, 6.45) is 9.38. The number of amides is 3. The molecule has 0 unspecified atom stereocenters. The van der Waals surface area contributed by atoms with Crippen LogP contribution in [0.2, 0.25) is 0 Å². The lowest BCUT2D eigenvalue weighted by atomic mass is 10.0. The van der Waals surface area contributed by atoms with Crippen LogP contribution in [-0.4, -0.2) is 59.4 Å². The summed E-state index contributed by atoms with van der Waals surface area (Å²) in [5, 5.41) is 7.88. The lowest BCUT2D eigenvalue weighted by Gasteiger charge is -2.32. The molecule has 0 saturated carbocycles. The number of carbonyl (C=O) groups is 3. The van der Waals surface area contributed by atoms with Gasteiger partial charge in [-0.3, -0.25) is 14.4 Å². The fraction of sp³-hybridized carbons (Fsp3) is 0.200. The number of pyridine rings is 1. The van der Waals surface area contributed by atoms with Crippen LogP contribution in [-0.2, 0) is 16.1 Å². The van der Waals surface area contributed by atoms with Gasteiger partial charge < -0.3 is 20.5 Å². The summed E-state index contributed by atoms with van der Waals surface area (Å²) in [5.74, 6) is -0.725. The molecule has 3 amide bonds. The molecule has 6 rings (SSSR count). The average Bonchev–Trinajstić information content (AvgIpc) is 3.51. The summed E-state index contributed by atoms with van der Waals surface area (Å²) in [5.41, 5.74) is 10.7. The van der Waals surface area contributed by atoms with E-state index >= 15 is 0 Å². The number of fused-ring (bicyclic) bond motifs is 2. The van der Waals surface area contributed by atoms with Gasteiger partial charge >= 0.3 is 0 Å². The van der Waals surface area contributed by atoms with Gasteiger partial charge in [0.2, 0.25) is 11.8 Å². The summed E-state index contributed by atoms with van der Waals surface area (Å²) in [6, 6.07) is 12.2. The molecule has 206 valence electrons. The van der Waals surface area contributed by atoms with E-state index in [4.69, 9.17) is 5.73 Å². The van der Waals surface area contributed by atoms with Crippen molar-refractivity contribution in [3.05, 3.63) is 90.2 Å². The number of hydrogen-bond donors (Lipinski definition) is 2. The normalized spacial score (nSPS) is 15.0. The Morgan fingerprint density at radius 2 is 1.88 bits per heavy atom. The predicted octanol–water partition coefficient (Wildman–Crippen LogP) is 3.26. The zero-order chi connectivity index (χ0) is 28.7. The predicted molar refractivity (Wildman–Crippen MR) is 154 cm³/mol. The number of aromatic nitrogens is 5. The molecule has 11 nitrogen and oxygen atoms in total. The maximum atomic E-state index is 13.6. The third kappa shape index (κ3) is 5.05. The van der Waals surface area contributed by atoms with E-state index in [-0.39, 0.29) is 18.4 Å². The highest BCUT2D eigenvalue weighted by Gasteiger charge is 2.31. The SMILES string of the molecule is Cc1cccc(NC(=O)[C@@H]2CC=CCN2C(=O)Cn2cc(C(N)=O)c3cc(-c4cnc5cc(C)nn5c4)ccc32)n1. The van der Waals surface area contributed by atoms with Crippen molar-refractivity contribution in [3.8, 4) is 11.1 Å². The number of benzene rings is 1. The Balaban J connectivity index is 1.28. The Morgan fingerprint density at radius 3 is 2.68 bits per heavy atom. The van der Waals surface area contributed by atoms with E-state index in [9.17, 15) is 14.4 Å². The van der Waals surface area contributed by atoms with Crippen molar-refractivity contribution in [2.24, 2.45) is 5.73 Å². The number of nitrogens with two attached hydrogens (primary N) is 1. The Morgan fingerprint density at radius 1 is 1.02 bits per heavy atom. The van der Waals surface area contributed by atoms with Crippen molar-refractivity contribution in [1.29, 1.82) is 0 Å². The standard InChI is InChI=1S/C30H28N8O3/c1-18-6-5-8-26(33-18)34-30(41)25-7-3-4-11-37(25)28(39)17-36-16-23(29(31)40)22-13-20(9-10-24(22)36)21-14-32-27-12-19(2)35-38(27)15-21/h3-6,8-10,12-16,25H,7,11,17H2,1-2H3,(H2,31,40)(H,33,34,41)/t25-/m0/s1. The zero-order valence-corrected chi connectivity index (χ0v) is 22.6. The van der Waals surface area contributed by atoms with Gasteiger partial charge in [0.25, 0.3) is 5.91 Å². The molecule has 41 heavy (non-hydrogen) atoms. The number of nitrogens with zero attached hydrogens (tertiary/aromatic N) is 6. The van der Waals surface area contributed by atoms with Crippen LogP contribution in [0.3, 0.4) is 0 Å². The van der Waals surface area contributed by atoms with Crippen LogP contribution in [0.4, 0.5) is 5.82 Å². The van der Waals surface area contributed by atoms with Gasteiger partial charge in [-0.2, -0.15) is 5.10 Å². The Kier molecular flexibility index (Phi) is 6.54. The first kappa shape index (κ1) is 25.9. The topological polar surface area (TPSA) is 141 Å². The van der Waals surface area contributed by atoms with Gasteiger partial charge in [-0.15, -0.1) is 0 Å². The highest BCUT2D eigenvalue weighted by Crippen LogP contribution is 2.28. The van der Waals surface area contributed by atoms with Gasteiger partial charge in [0.05, 0.1) is 11.3 Å². The van der Waals surface area contributed by atoms with Gasteiger partial charge in [-0.1, -0.05) is 24.3 Å². The van der Waals surface area contributed by atoms with E-state index in [0.717, 1.165) is 28.2 Å². The number of carbonyl (C=O) groups excluding carboxylic acids is 3. The average molecular weight is 549 g/mol. The summed E-state index contributed by atoms with van der Waals surface area (Å²) in [7, 11) is 0. The van der Waals surface area contributed by atoms with E-state index in [0.29, 0.717) is 35.2 Å². The third-order valence-corrected chi connectivity index (χ3v) is 7.19. The highest BCUT2D eigenvalue weighted by atomic mass is 16.2. The maximum Gasteiger partial charge on any atom is 0.250 e. The van der Waals surface area contributed by atoms with E-state index in [1.807, 2.05) is 68.6 Å². The summed E-state index contributed by atoms with van der Waals surface area (Å²) in [6.45, 7) is 3.98. The molecule has 4 aromatic heterocycles. The molecule has 1 aliphatic heterocycles. The van der Waals surface area contributed by atoms with Crippen LogP contribution in [0.5, 0.6) is 0 Å². The summed E-state index contributed by atoms with van der Waals surface area (Å²) < 4.78 is 3.41. The van der Waals surface area contributed by atoms with Gasteiger partial charge in [0.1, 0.15) is 18.4 Å². The molecule has 0 radical (unpaired) electrons. The number of rotatable bonds is 6. The second kappa shape index (κ2) is 10.3. The number of nitrogens with one attached hydrogen (secondary N) is 1. The molecule has 1 aromatic carbocycles. The van der Waals surface area contributed by atoms with E-state index < -0.39 is 11.9 Å². The number of aryl methyl sites for hydroxylation is 2. The van der Waals surface area contributed by atoms with Gasteiger partial charge in [-0.05, 0) is 50.1 Å². The van der Waals surface area contributed by atoms with E-state index in [1.54, 1.807) is 32.4 Å². The molecule has 1 aliphatic rings. The minimum absolute atomic E-state index is 0.0660. The van der Waals surface area contributed by atoms with Crippen LogP contribution >= 0.6 is 0 Å². The second-order valence-electron chi connectivity index (χ2n) is 10.1. The quantitative estimate of drug-likeness (QED) is 0.312. The monoisotopic (exact) mass is 548 g/mol. The molecule has 0 fully saturated rings.